The molecule has 0 aliphatic carbocycles. The SMILES string of the molecule is Brc1ccc(-c2nc(-c3ccccc3)nc(-c3ccccc3)n2)cc1.Clc1ccc(-c2ccc(-c3nc(-c4ccccc4)nc(-c4ccccc4)n3)cc2)cc1.OB(O)c1ccc(Cl)cc1. The van der Waals surface area contributed by atoms with Gasteiger partial charge in [-0.2, -0.15) is 0 Å². The Labute approximate surface area is 401 Å². The van der Waals surface area contributed by atoms with Crippen LogP contribution in [-0.2, 0) is 0 Å². The third-order valence-corrected chi connectivity index (χ3v) is 11.0. The van der Waals surface area contributed by atoms with Crippen LogP contribution in [0.3, 0.4) is 0 Å². The molecule has 12 heteroatoms. The Morgan fingerprint density at radius 2 is 0.515 bits per heavy atom. The summed E-state index contributed by atoms with van der Waals surface area (Å²) in [6, 6.07) is 70.3. The molecule has 0 aliphatic rings. The molecule has 0 unspecified atom stereocenters. The second kappa shape index (κ2) is 22.1. The number of hydrogen-bond donors (Lipinski definition) is 2. The van der Waals surface area contributed by atoms with Crippen LogP contribution in [0, 0.1) is 0 Å². The van der Waals surface area contributed by atoms with Crippen LogP contribution in [-0.4, -0.2) is 47.1 Å². The minimum absolute atomic E-state index is 0.449. The normalized spacial score (nSPS) is 10.5. The molecule has 66 heavy (non-hydrogen) atoms. The van der Waals surface area contributed by atoms with Gasteiger partial charge in [0.1, 0.15) is 0 Å². The van der Waals surface area contributed by atoms with Crippen LogP contribution in [0.15, 0.2) is 223 Å². The van der Waals surface area contributed by atoms with E-state index in [9.17, 15) is 0 Å². The van der Waals surface area contributed by atoms with Crippen LogP contribution in [0.4, 0.5) is 0 Å². The lowest BCUT2D eigenvalue weighted by Crippen LogP contribution is -2.29. The van der Waals surface area contributed by atoms with Gasteiger partial charge in [-0.15, -0.1) is 0 Å². The molecule has 320 valence electrons. The Hall–Kier alpha value is -7.18. The van der Waals surface area contributed by atoms with Crippen molar-refractivity contribution < 1.29 is 10.0 Å². The summed E-state index contributed by atoms with van der Waals surface area (Å²) >= 11 is 15.0. The van der Waals surface area contributed by atoms with Crippen LogP contribution in [0.1, 0.15) is 0 Å². The van der Waals surface area contributed by atoms with Crippen LogP contribution in [0.5, 0.6) is 0 Å². The van der Waals surface area contributed by atoms with Gasteiger partial charge in [0.25, 0.3) is 0 Å². The van der Waals surface area contributed by atoms with E-state index >= 15 is 0 Å². The molecule has 0 spiro atoms. The summed E-state index contributed by atoms with van der Waals surface area (Å²) in [4.78, 5) is 28.4. The van der Waals surface area contributed by atoms with E-state index in [0.29, 0.717) is 45.4 Å². The van der Waals surface area contributed by atoms with Crippen LogP contribution < -0.4 is 5.46 Å². The van der Waals surface area contributed by atoms with Crippen molar-refractivity contribution in [1.82, 2.24) is 29.9 Å². The zero-order valence-corrected chi connectivity index (χ0v) is 38.2. The first kappa shape index (κ1) is 45.4. The summed E-state index contributed by atoms with van der Waals surface area (Å²) in [6.45, 7) is 0. The predicted octanol–water partition coefficient (Wildman–Crippen LogP) is 12.8. The Kier molecular flexibility index (Phi) is 15.2. The first-order valence-corrected chi connectivity index (χ1v) is 22.3. The van der Waals surface area contributed by atoms with Gasteiger partial charge < -0.3 is 10.0 Å². The molecule has 2 aromatic heterocycles. The van der Waals surface area contributed by atoms with E-state index < -0.39 is 7.12 Å². The van der Waals surface area contributed by atoms with Crippen molar-refractivity contribution in [3.63, 3.8) is 0 Å². The van der Waals surface area contributed by atoms with Gasteiger partial charge in [0.2, 0.25) is 0 Å². The molecule has 0 atom stereocenters. The molecule has 0 fully saturated rings. The molecule has 0 aliphatic heterocycles. The Balaban J connectivity index is 0.000000151. The first-order chi connectivity index (χ1) is 32.3. The summed E-state index contributed by atoms with van der Waals surface area (Å²) in [5, 5.41) is 18.6. The summed E-state index contributed by atoms with van der Waals surface area (Å²) in [7, 11) is -1.41. The highest BCUT2D eigenvalue weighted by molar-refractivity contribution is 9.10. The van der Waals surface area contributed by atoms with E-state index in [4.69, 9.17) is 58.2 Å². The predicted molar refractivity (Wildman–Crippen MR) is 272 cm³/mol. The van der Waals surface area contributed by atoms with E-state index in [1.165, 1.54) is 0 Å². The van der Waals surface area contributed by atoms with Crippen molar-refractivity contribution in [2.75, 3.05) is 0 Å². The zero-order valence-electron chi connectivity index (χ0n) is 35.1. The zero-order chi connectivity index (χ0) is 45.7. The summed E-state index contributed by atoms with van der Waals surface area (Å²) in [5.41, 5.74) is 8.43. The molecule has 0 saturated heterocycles. The van der Waals surface area contributed by atoms with Crippen LogP contribution in [0.25, 0.3) is 79.5 Å². The van der Waals surface area contributed by atoms with Gasteiger partial charge in [-0.3, -0.25) is 0 Å². The summed E-state index contributed by atoms with van der Waals surface area (Å²) in [5.74, 6) is 3.98. The topological polar surface area (TPSA) is 118 Å². The molecule has 10 aromatic rings. The van der Waals surface area contributed by atoms with Gasteiger partial charge >= 0.3 is 7.12 Å². The fourth-order valence-corrected chi connectivity index (χ4v) is 7.08. The van der Waals surface area contributed by atoms with Crippen LogP contribution in [0.2, 0.25) is 10.0 Å². The summed E-state index contributed by atoms with van der Waals surface area (Å²) < 4.78 is 1.02. The average molecular weight is 965 g/mol. The Bertz CT molecular complexity index is 2990. The lowest BCUT2D eigenvalue weighted by molar-refractivity contribution is 0.426. The molecule has 8 aromatic carbocycles. The van der Waals surface area contributed by atoms with Crippen molar-refractivity contribution >= 4 is 51.7 Å². The van der Waals surface area contributed by atoms with E-state index in [-0.39, 0.29) is 0 Å². The minimum atomic E-state index is -1.41. The minimum Gasteiger partial charge on any atom is -0.423 e. The molecule has 10 rings (SSSR count). The first-order valence-electron chi connectivity index (χ1n) is 20.7. The van der Waals surface area contributed by atoms with Crippen molar-refractivity contribution in [2.45, 2.75) is 0 Å². The van der Waals surface area contributed by atoms with E-state index in [1.807, 2.05) is 182 Å². The van der Waals surface area contributed by atoms with Gasteiger partial charge in [-0.1, -0.05) is 221 Å². The van der Waals surface area contributed by atoms with Crippen molar-refractivity contribution in [3.05, 3.63) is 233 Å². The quantitative estimate of drug-likeness (QED) is 0.145. The molecule has 0 amide bonds. The van der Waals surface area contributed by atoms with Gasteiger partial charge in [0, 0.05) is 47.9 Å². The fraction of sp³-hybridized carbons (Fsp3) is 0. The maximum atomic E-state index is 8.63. The smallest absolute Gasteiger partial charge is 0.423 e. The molecule has 2 heterocycles. The van der Waals surface area contributed by atoms with Crippen molar-refractivity contribution in [1.29, 1.82) is 0 Å². The van der Waals surface area contributed by atoms with Gasteiger partial charge in [-0.25, -0.2) is 29.9 Å². The van der Waals surface area contributed by atoms with Crippen molar-refractivity contribution in [2.24, 2.45) is 0 Å². The van der Waals surface area contributed by atoms with Gasteiger partial charge in [0.15, 0.2) is 34.9 Å². The third-order valence-electron chi connectivity index (χ3n) is 9.99. The third kappa shape index (κ3) is 12.1. The molecular formula is C54H38BBrCl2N6O2. The molecule has 2 N–H and O–H groups in total. The Morgan fingerprint density at radius 1 is 0.288 bits per heavy atom. The second-order valence-corrected chi connectivity index (χ2v) is 16.4. The largest absolute Gasteiger partial charge is 0.488 e. The highest BCUT2D eigenvalue weighted by Crippen LogP contribution is 2.29. The second-order valence-electron chi connectivity index (χ2n) is 14.6. The lowest BCUT2D eigenvalue weighted by Gasteiger charge is -2.09. The molecular weight excluding hydrogens is 926 g/mol. The highest BCUT2D eigenvalue weighted by Gasteiger charge is 2.14. The molecule has 0 bridgehead atoms. The van der Waals surface area contributed by atoms with Gasteiger partial charge in [0.05, 0.1) is 0 Å². The van der Waals surface area contributed by atoms with Crippen LogP contribution >= 0.6 is 39.1 Å². The number of halogens is 3. The van der Waals surface area contributed by atoms with E-state index in [1.54, 1.807) is 24.3 Å². The van der Waals surface area contributed by atoms with E-state index in [2.05, 4.69) is 33.0 Å². The lowest BCUT2D eigenvalue weighted by atomic mass is 9.81. The maximum Gasteiger partial charge on any atom is 0.488 e. The average Bonchev–Trinajstić information content (AvgIpc) is 3.38. The maximum absolute atomic E-state index is 8.63. The number of hydrogen-bond acceptors (Lipinski definition) is 8. The van der Waals surface area contributed by atoms with Gasteiger partial charge in [-0.05, 0) is 53.0 Å². The molecule has 0 saturated carbocycles. The molecule has 0 radical (unpaired) electrons. The number of rotatable bonds is 8. The Morgan fingerprint density at radius 3 is 0.803 bits per heavy atom. The summed E-state index contributed by atoms with van der Waals surface area (Å²) in [6.07, 6.45) is 0. The number of nitrogens with zero attached hydrogens (tertiary/aromatic N) is 6. The van der Waals surface area contributed by atoms with E-state index in [0.717, 1.165) is 54.0 Å². The fourth-order valence-electron chi connectivity index (χ4n) is 6.56. The monoisotopic (exact) mass is 962 g/mol. The van der Waals surface area contributed by atoms with Crippen molar-refractivity contribution in [3.8, 4) is 79.5 Å². The standard InChI is InChI=1S/C27H18ClN3.C21H14BrN3.C6H6BClO2/c28-24-17-15-20(16-18-24)19-11-13-23(14-12-19)27-30-25(21-7-3-1-4-8-21)29-26(31-27)22-9-5-2-6-10-22;22-18-13-11-17(12-14-18)21-24-19(15-7-3-1-4-8-15)23-20(25-21)16-9-5-2-6-10-16;8-6-3-1-5(2-4-6)7(9)10/h1-18H;1-14H;1-4,9-10H. The molecule has 8 nitrogen and oxygen atoms in total. The number of aromatic nitrogens is 6. The number of benzene rings is 8. The highest BCUT2D eigenvalue weighted by atomic mass is 79.9.